The fraction of sp³-hybridized carbons (Fsp3) is 0.381. The maximum atomic E-state index is 12.2. The van der Waals surface area contributed by atoms with Gasteiger partial charge in [0.25, 0.3) is 5.91 Å². The van der Waals surface area contributed by atoms with Crippen LogP contribution in [-0.2, 0) is 0 Å². The topological polar surface area (TPSA) is 78.6 Å². The van der Waals surface area contributed by atoms with Crippen molar-refractivity contribution in [2.24, 2.45) is 5.92 Å². The molecule has 0 aliphatic carbocycles. The number of hydrogen-bond acceptors (Lipinski definition) is 4. The highest BCUT2D eigenvalue weighted by Gasteiger charge is 2.22. The lowest BCUT2D eigenvalue weighted by Crippen LogP contribution is -2.40. The van der Waals surface area contributed by atoms with Gasteiger partial charge in [0.1, 0.15) is 0 Å². The van der Waals surface area contributed by atoms with Crippen LogP contribution in [0.2, 0.25) is 0 Å². The van der Waals surface area contributed by atoms with Crippen molar-refractivity contribution in [1.82, 2.24) is 10.2 Å². The predicted octanol–water partition coefficient (Wildman–Crippen LogP) is 2.44. The fourth-order valence-corrected chi connectivity index (χ4v) is 3.43. The van der Waals surface area contributed by atoms with Crippen LogP contribution in [0.4, 0.5) is 5.69 Å². The summed E-state index contributed by atoms with van der Waals surface area (Å²) in [7, 11) is 0. The Balaban J connectivity index is 1.41. The molecule has 26 heavy (non-hydrogen) atoms. The average Bonchev–Trinajstić information content (AvgIpc) is 2.68. The minimum Gasteiger partial charge on any atom is -0.398 e. The van der Waals surface area contributed by atoms with E-state index in [1.165, 1.54) is 0 Å². The molecule has 3 rings (SSSR count). The van der Waals surface area contributed by atoms with Crippen molar-refractivity contribution in [3.8, 4) is 0 Å². The summed E-state index contributed by atoms with van der Waals surface area (Å²) in [5.41, 5.74) is 7.86. The van der Waals surface area contributed by atoms with Crippen molar-refractivity contribution in [2.45, 2.75) is 18.9 Å². The van der Waals surface area contributed by atoms with Crippen LogP contribution >= 0.6 is 0 Å². The van der Waals surface area contributed by atoms with Crippen LogP contribution in [0.1, 0.15) is 34.9 Å². The normalized spacial score (nSPS) is 17.0. The Labute approximate surface area is 154 Å². The molecule has 0 radical (unpaired) electrons. The van der Waals surface area contributed by atoms with Crippen LogP contribution in [0.5, 0.6) is 0 Å². The number of carbonyl (C=O) groups is 1. The molecule has 2 aromatic rings. The van der Waals surface area contributed by atoms with E-state index in [9.17, 15) is 9.90 Å². The van der Waals surface area contributed by atoms with Crippen LogP contribution < -0.4 is 11.1 Å². The second-order valence-electron chi connectivity index (χ2n) is 6.97. The van der Waals surface area contributed by atoms with Crippen LogP contribution in [0.25, 0.3) is 0 Å². The lowest BCUT2D eigenvalue weighted by molar-refractivity contribution is 0.0852. The minimum absolute atomic E-state index is 0.106. The third-order valence-corrected chi connectivity index (χ3v) is 5.08. The average molecular weight is 353 g/mol. The van der Waals surface area contributed by atoms with Crippen molar-refractivity contribution in [1.29, 1.82) is 0 Å². The lowest BCUT2D eigenvalue weighted by Gasteiger charge is -2.33. The molecule has 138 valence electrons. The molecular weight excluding hydrogens is 326 g/mol. The number of nitrogen functional groups attached to an aromatic ring is 1. The highest BCUT2D eigenvalue weighted by molar-refractivity contribution is 5.99. The van der Waals surface area contributed by atoms with Crippen molar-refractivity contribution in [3.05, 3.63) is 65.7 Å². The molecule has 0 aromatic heterocycles. The van der Waals surface area contributed by atoms with Gasteiger partial charge in [-0.3, -0.25) is 4.79 Å². The fourth-order valence-electron chi connectivity index (χ4n) is 3.43. The third kappa shape index (κ3) is 4.84. The predicted molar refractivity (Wildman–Crippen MR) is 104 cm³/mol. The van der Waals surface area contributed by atoms with Gasteiger partial charge in [0.2, 0.25) is 0 Å². The molecule has 1 atom stereocenters. The Kier molecular flexibility index (Phi) is 6.26. The minimum atomic E-state index is -0.450. The number of benzene rings is 2. The summed E-state index contributed by atoms with van der Waals surface area (Å²) in [6.45, 7) is 3.21. The van der Waals surface area contributed by atoms with E-state index < -0.39 is 6.10 Å². The summed E-state index contributed by atoms with van der Waals surface area (Å²) >= 11 is 0. The third-order valence-electron chi connectivity index (χ3n) is 5.08. The number of anilines is 1. The van der Waals surface area contributed by atoms with Crippen molar-refractivity contribution in [3.63, 3.8) is 0 Å². The van der Waals surface area contributed by atoms with Crippen molar-refractivity contribution >= 4 is 11.6 Å². The Morgan fingerprint density at radius 1 is 1.12 bits per heavy atom. The van der Waals surface area contributed by atoms with Crippen LogP contribution in [0.15, 0.2) is 54.6 Å². The van der Waals surface area contributed by atoms with Gasteiger partial charge in [-0.05, 0) is 49.5 Å². The number of rotatable bonds is 6. The van der Waals surface area contributed by atoms with Crippen LogP contribution in [-0.4, -0.2) is 42.1 Å². The first-order chi connectivity index (χ1) is 12.6. The number of carbonyl (C=O) groups excluding carboxylic acids is 1. The standard InChI is InChI=1S/C21H27N3O2/c22-19-9-5-4-8-18(19)21(26)23-14-16-10-12-24(13-11-16)15-20(25)17-6-2-1-3-7-17/h1-9,16,20,25H,10-15,22H2,(H,23,26). The maximum Gasteiger partial charge on any atom is 0.253 e. The Bertz CT molecular complexity index is 712. The largest absolute Gasteiger partial charge is 0.398 e. The number of aliphatic hydroxyl groups excluding tert-OH is 1. The molecule has 1 saturated heterocycles. The van der Waals surface area contributed by atoms with Gasteiger partial charge >= 0.3 is 0 Å². The summed E-state index contributed by atoms with van der Waals surface area (Å²) in [5.74, 6) is 0.360. The lowest BCUT2D eigenvalue weighted by atomic mass is 9.96. The molecule has 0 spiro atoms. The number of nitrogens with one attached hydrogen (secondary N) is 1. The number of amides is 1. The molecule has 2 aromatic carbocycles. The van der Waals surface area contributed by atoms with Gasteiger partial charge in [0.05, 0.1) is 11.7 Å². The molecule has 5 nitrogen and oxygen atoms in total. The molecule has 1 aliphatic rings. The van der Waals surface area contributed by atoms with E-state index in [4.69, 9.17) is 5.73 Å². The van der Waals surface area contributed by atoms with Gasteiger partial charge in [-0.2, -0.15) is 0 Å². The smallest absolute Gasteiger partial charge is 0.253 e. The zero-order valence-electron chi connectivity index (χ0n) is 15.0. The summed E-state index contributed by atoms with van der Waals surface area (Å²) in [6.07, 6.45) is 1.59. The van der Waals surface area contributed by atoms with Crippen molar-refractivity contribution in [2.75, 3.05) is 31.9 Å². The van der Waals surface area contributed by atoms with E-state index in [1.54, 1.807) is 12.1 Å². The second-order valence-corrected chi connectivity index (χ2v) is 6.97. The number of piperidine rings is 1. The van der Waals surface area contributed by atoms with Crippen LogP contribution in [0.3, 0.4) is 0 Å². The first kappa shape index (κ1) is 18.4. The number of nitrogens with two attached hydrogens (primary N) is 1. The van der Waals surface area contributed by atoms with E-state index in [2.05, 4.69) is 10.2 Å². The van der Waals surface area contributed by atoms with Gasteiger partial charge < -0.3 is 21.1 Å². The van der Waals surface area contributed by atoms with Gasteiger partial charge in [-0.15, -0.1) is 0 Å². The van der Waals surface area contributed by atoms with Crippen LogP contribution in [0, 0.1) is 5.92 Å². The molecular formula is C21H27N3O2. The molecule has 1 fully saturated rings. The highest BCUT2D eigenvalue weighted by Crippen LogP contribution is 2.20. The first-order valence-corrected chi connectivity index (χ1v) is 9.21. The summed E-state index contributed by atoms with van der Waals surface area (Å²) in [6, 6.07) is 16.9. The van der Waals surface area contributed by atoms with Gasteiger partial charge in [-0.25, -0.2) is 0 Å². The number of β-amino-alcohol motifs (C(OH)–C–C–N with tert-alkyl or cyclic N) is 1. The molecule has 0 bridgehead atoms. The Morgan fingerprint density at radius 3 is 2.46 bits per heavy atom. The van der Waals surface area contributed by atoms with Gasteiger partial charge in [-0.1, -0.05) is 42.5 Å². The van der Waals surface area contributed by atoms with E-state index in [0.717, 1.165) is 31.5 Å². The zero-order chi connectivity index (χ0) is 18.4. The molecule has 1 unspecified atom stereocenters. The van der Waals surface area contributed by atoms with E-state index >= 15 is 0 Å². The number of likely N-dealkylation sites (tertiary alicyclic amines) is 1. The maximum absolute atomic E-state index is 12.2. The Hall–Kier alpha value is -2.37. The molecule has 5 heteroatoms. The van der Waals surface area contributed by atoms with Gasteiger partial charge in [0, 0.05) is 18.8 Å². The van der Waals surface area contributed by atoms with E-state index in [-0.39, 0.29) is 5.91 Å². The number of hydrogen-bond donors (Lipinski definition) is 3. The van der Waals surface area contributed by atoms with Gasteiger partial charge in [0.15, 0.2) is 0 Å². The Morgan fingerprint density at radius 2 is 1.77 bits per heavy atom. The second kappa shape index (κ2) is 8.83. The molecule has 1 heterocycles. The summed E-state index contributed by atoms with van der Waals surface area (Å²) in [5, 5.41) is 13.4. The quantitative estimate of drug-likeness (QED) is 0.697. The monoisotopic (exact) mass is 353 g/mol. The number of nitrogens with zero attached hydrogens (tertiary/aromatic N) is 1. The van der Waals surface area contributed by atoms with Crippen molar-refractivity contribution < 1.29 is 9.90 Å². The number of aliphatic hydroxyl groups is 1. The molecule has 1 aliphatic heterocycles. The first-order valence-electron chi connectivity index (χ1n) is 9.21. The van der Waals surface area contributed by atoms with E-state index in [1.807, 2.05) is 42.5 Å². The zero-order valence-corrected chi connectivity index (χ0v) is 15.0. The molecule has 0 saturated carbocycles. The summed E-state index contributed by atoms with van der Waals surface area (Å²) < 4.78 is 0. The number of para-hydroxylation sites is 1. The molecule has 4 N–H and O–H groups in total. The summed E-state index contributed by atoms with van der Waals surface area (Å²) in [4.78, 5) is 14.5. The SMILES string of the molecule is Nc1ccccc1C(=O)NCC1CCN(CC(O)c2ccccc2)CC1. The van der Waals surface area contributed by atoms with E-state index in [0.29, 0.717) is 30.3 Å². The molecule has 1 amide bonds. The highest BCUT2D eigenvalue weighted by atomic mass is 16.3.